The molecule has 0 aliphatic rings. The normalized spacial score (nSPS) is 11.9. The first-order chi connectivity index (χ1) is 10.1. The van der Waals surface area contributed by atoms with Crippen molar-refractivity contribution in [2.75, 3.05) is 12.3 Å². The Bertz CT molecular complexity index is 597. The van der Waals surface area contributed by atoms with Crippen LogP contribution < -0.4 is 11.1 Å². The van der Waals surface area contributed by atoms with E-state index in [4.69, 9.17) is 17.3 Å². The van der Waals surface area contributed by atoms with Gasteiger partial charge in [0.1, 0.15) is 0 Å². The third kappa shape index (κ3) is 4.48. The molecule has 1 atom stereocenters. The lowest BCUT2D eigenvalue weighted by molar-refractivity contribution is 0.0916. The zero-order chi connectivity index (χ0) is 15.2. The summed E-state index contributed by atoms with van der Waals surface area (Å²) >= 11 is 5.89. The highest BCUT2D eigenvalue weighted by molar-refractivity contribution is 6.31. The summed E-state index contributed by atoms with van der Waals surface area (Å²) in [4.78, 5) is 12.2. The van der Waals surface area contributed by atoms with Crippen LogP contribution in [0.1, 0.15) is 15.9 Å². The van der Waals surface area contributed by atoms with Gasteiger partial charge in [0.15, 0.2) is 0 Å². The molecule has 0 aliphatic carbocycles. The number of carbonyl (C=O) groups excluding carboxylic acids is 1. The van der Waals surface area contributed by atoms with Gasteiger partial charge in [-0.15, -0.1) is 0 Å². The predicted octanol–water partition coefficient (Wildman–Crippen LogP) is 2.26. The summed E-state index contributed by atoms with van der Waals surface area (Å²) in [5.74, 6) is -0.306. The molecular weight excluding hydrogens is 288 g/mol. The second kappa shape index (κ2) is 7.11. The number of nitrogens with two attached hydrogens (primary N) is 1. The zero-order valence-corrected chi connectivity index (χ0v) is 12.2. The number of benzene rings is 2. The smallest absolute Gasteiger partial charge is 0.251 e. The zero-order valence-electron chi connectivity index (χ0n) is 11.4. The van der Waals surface area contributed by atoms with E-state index in [0.717, 1.165) is 5.56 Å². The van der Waals surface area contributed by atoms with E-state index in [1.54, 1.807) is 18.2 Å². The van der Waals surface area contributed by atoms with E-state index in [1.807, 2.05) is 30.3 Å². The van der Waals surface area contributed by atoms with Gasteiger partial charge in [0.05, 0.1) is 12.6 Å². The number of amides is 1. The first-order valence-corrected chi connectivity index (χ1v) is 6.98. The van der Waals surface area contributed by atoms with Gasteiger partial charge in [-0.25, -0.2) is 0 Å². The standard InChI is InChI=1S/C16H17ClN2O2/c17-13-7-12(8-14(18)9-13)16(21)19-15(10-20)6-11-4-2-1-3-5-11/h1-5,7-9,15,20H,6,10,18H2,(H,19,21)/t15-/m1/s1. The van der Waals surface area contributed by atoms with Gasteiger partial charge in [-0.05, 0) is 30.2 Å². The second-order valence-electron chi connectivity index (χ2n) is 4.82. The number of nitrogen functional groups attached to an aromatic ring is 1. The summed E-state index contributed by atoms with van der Waals surface area (Å²) in [5.41, 5.74) is 7.52. The Hall–Kier alpha value is -2.04. The van der Waals surface area contributed by atoms with Gasteiger partial charge in [0.2, 0.25) is 0 Å². The number of halogens is 1. The van der Waals surface area contributed by atoms with Gasteiger partial charge >= 0.3 is 0 Å². The molecule has 4 N–H and O–H groups in total. The third-order valence-electron chi connectivity index (χ3n) is 3.06. The quantitative estimate of drug-likeness (QED) is 0.742. The van der Waals surface area contributed by atoms with Gasteiger partial charge in [-0.3, -0.25) is 4.79 Å². The molecule has 1 amide bonds. The van der Waals surface area contributed by atoms with Crippen LogP contribution >= 0.6 is 11.6 Å². The molecule has 0 saturated carbocycles. The summed E-state index contributed by atoms with van der Waals surface area (Å²) in [5, 5.41) is 12.6. The molecule has 0 radical (unpaired) electrons. The molecule has 0 unspecified atom stereocenters. The Balaban J connectivity index is 2.05. The molecule has 0 bridgehead atoms. The predicted molar refractivity (Wildman–Crippen MR) is 84.4 cm³/mol. The van der Waals surface area contributed by atoms with E-state index in [-0.39, 0.29) is 18.6 Å². The number of nitrogens with one attached hydrogen (secondary N) is 1. The number of aliphatic hydroxyl groups is 1. The van der Waals surface area contributed by atoms with Crippen LogP contribution in [0.3, 0.4) is 0 Å². The van der Waals surface area contributed by atoms with E-state index in [9.17, 15) is 9.90 Å². The van der Waals surface area contributed by atoms with Crippen LogP contribution in [0.4, 0.5) is 5.69 Å². The third-order valence-corrected chi connectivity index (χ3v) is 3.28. The maximum absolute atomic E-state index is 12.2. The molecular formula is C16H17ClN2O2. The molecule has 0 spiro atoms. The van der Waals surface area contributed by atoms with Crippen LogP contribution in [0.5, 0.6) is 0 Å². The average molecular weight is 305 g/mol. The Labute approximate surface area is 128 Å². The lowest BCUT2D eigenvalue weighted by Gasteiger charge is -2.16. The van der Waals surface area contributed by atoms with Crippen LogP contribution in [0.15, 0.2) is 48.5 Å². The number of hydrogen-bond acceptors (Lipinski definition) is 3. The highest BCUT2D eigenvalue weighted by Gasteiger charge is 2.14. The maximum Gasteiger partial charge on any atom is 0.251 e. The minimum atomic E-state index is -0.361. The number of carbonyl (C=O) groups is 1. The van der Waals surface area contributed by atoms with Gasteiger partial charge in [-0.2, -0.15) is 0 Å². The fourth-order valence-electron chi connectivity index (χ4n) is 2.07. The van der Waals surface area contributed by atoms with E-state index in [0.29, 0.717) is 22.7 Å². The van der Waals surface area contributed by atoms with E-state index in [2.05, 4.69) is 5.32 Å². The SMILES string of the molecule is Nc1cc(Cl)cc(C(=O)N[C@@H](CO)Cc2ccccc2)c1. The average Bonchev–Trinajstić information content (AvgIpc) is 2.46. The molecule has 0 aromatic heterocycles. The molecule has 21 heavy (non-hydrogen) atoms. The Morgan fingerprint density at radius 3 is 2.57 bits per heavy atom. The lowest BCUT2D eigenvalue weighted by atomic mass is 10.1. The number of anilines is 1. The van der Waals surface area contributed by atoms with Crippen molar-refractivity contribution in [3.05, 3.63) is 64.7 Å². The van der Waals surface area contributed by atoms with E-state index in [1.165, 1.54) is 0 Å². The van der Waals surface area contributed by atoms with Gasteiger partial charge in [-0.1, -0.05) is 41.9 Å². The van der Waals surface area contributed by atoms with Crippen molar-refractivity contribution in [3.63, 3.8) is 0 Å². The Morgan fingerprint density at radius 2 is 1.95 bits per heavy atom. The van der Waals surface area contributed by atoms with Crippen LogP contribution in [0.2, 0.25) is 5.02 Å². The van der Waals surface area contributed by atoms with E-state index < -0.39 is 0 Å². The molecule has 0 aliphatic heterocycles. The summed E-state index contributed by atoms with van der Waals surface area (Å²) in [6.07, 6.45) is 0.555. The minimum Gasteiger partial charge on any atom is -0.399 e. The Morgan fingerprint density at radius 1 is 1.24 bits per heavy atom. The number of hydrogen-bond donors (Lipinski definition) is 3. The highest BCUT2D eigenvalue weighted by Crippen LogP contribution is 2.16. The van der Waals surface area contributed by atoms with Crippen LogP contribution in [0, 0.1) is 0 Å². The first kappa shape index (κ1) is 15.4. The Kier molecular flexibility index (Phi) is 5.20. The fourth-order valence-corrected chi connectivity index (χ4v) is 2.32. The van der Waals surface area contributed by atoms with Crippen molar-refractivity contribution in [1.29, 1.82) is 0 Å². The van der Waals surface area contributed by atoms with Crippen molar-refractivity contribution in [3.8, 4) is 0 Å². The summed E-state index contributed by atoms with van der Waals surface area (Å²) < 4.78 is 0. The summed E-state index contributed by atoms with van der Waals surface area (Å²) in [6.45, 7) is -0.142. The molecule has 110 valence electrons. The maximum atomic E-state index is 12.2. The summed E-state index contributed by atoms with van der Waals surface area (Å²) in [7, 11) is 0. The number of rotatable bonds is 5. The summed E-state index contributed by atoms with van der Waals surface area (Å²) in [6, 6.07) is 14.0. The van der Waals surface area contributed by atoms with Crippen molar-refractivity contribution in [1.82, 2.24) is 5.32 Å². The van der Waals surface area contributed by atoms with Crippen molar-refractivity contribution < 1.29 is 9.90 Å². The van der Waals surface area contributed by atoms with Gasteiger partial charge in [0.25, 0.3) is 5.91 Å². The molecule has 0 fully saturated rings. The molecule has 0 heterocycles. The molecule has 4 nitrogen and oxygen atoms in total. The topological polar surface area (TPSA) is 75.4 Å². The fraction of sp³-hybridized carbons (Fsp3) is 0.188. The van der Waals surface area contributed by atoms with E-state index >= 15 is 0 Å². The van der Waals surface area contributed by atoms with Crippen molar-refractivity contribution in [2.45, 2.75) is 12.5 Å². The lowest BCUT2D eigenvalue weighted by Crippen LogP contribution is -2.39. The van der Waals surface area contributed by atoms with Crippen LogP contribution in [0.25, 0.3) is 0 Å². The monoisotopic (exact) mass is 304 g/mol. The second-order valence-corrected chi connectivity index (χ2v) is 5.25. The molecule has 2 rings (SSSR count). The number of aliphatic hydroxyl groups excluding tert-OH is 1. The van der Waals surface area contributed by atoms with Gasteiger partial charge < -0.3 is 16.2 Å². The molecule has 5 heteroatoms. The highest BCUT2D eigenvalue weighted by atomic mass is 35.5. The molecule has 0 saturated heterocycles. The van der Waals surface area contributed by atoms with Crippen molar-refractivity contribution >= 4 is 23.2 Å². The molecule has 2 aromatic carbocycles. The first-order valence-electron chi connectivity index (χ1n) is 6.60. The van der Waals surface area contributed by atoms with Crippen LogP contribution in [-0.4, -0.2) is 23.7 Å². The largest absolute Gasteiger partial charge is 0.399 e. The minimum absolute atomic E-state index is 0.142. The van der Waals surface area contributed by atoms with Crippen molar-refractivity contribution in [2.24, 2.45) is 0 Å². The molecule has 2 aromatic rings. The van der Waals surface area contributed by atoms with Gasteiger partial charge in [0, 0.05) is 16.3 Å². The van der Waals surface area contributed by atoms with Crippen LogP contribution in [-0.2, 0) is 6.42 Å².